The number of hydrogen-bond acceptors (Lipinski definition) is 2. The Labute approximate surface area is 114 Å². The summed E-state index contributed by atoms with van der Waals surface area (Å²) in [5, 5.41) is 0. The Hall–Kier alpha value is -1.80. The highest BCUT2D eigenvalue weighted by Gasteiger charge is 2.14. The van der Waals surface area contributed by atoms with E-state index in [2.05, 4.69) is 53.4 Å². The Balaban J connectivity index is 1.89. The summed E-state index contributed by atoms with van der Waals surface area (Å²) in [5.41, 5.74) is 11.2. The van der Waals surface area contributed by atoms with E-state index in [-0.39, 0.29) is 0 Å². The van der Waals surface area contributed by atoms with Gasteiger partial charge in [0.15, 0.2) is 0 Å². The summed E-state index contributed by atoms with van der Waals surface area (Å²) in [7, 11) is 0. The fourth-order valence-corrected chi connectivity index (χ4v) is 2.80. The fourth-order valence-electron chi connectivity index (χ4n) is 2.80. The Morgan fingerprint density at radius 3 is 2.68 bits per heavy atom. The molecule has 2 aromatic carbocycles. The van der Waals surface area contributed by atoms with Crippen molar-refractivity contribution in [3.8, 4) is 0 Å². The van der Waals surface area contributed by atoms with Crippen molar-refractivity contribution < 1.29 is 0 Å². The lowest BCUT2D eigenvalue weighted by Crippen LogP contribution is -2.22. The van der Waals surface area contributed by atoms with Crippen LogP contribution in [0.15, 0.2) is 48.5 Å². The molecular formula is C17H20N2. The van der Waals surface area contributed by atoms with Crippen molar-refractivity contribution in [3.05, 3.63) is 65.2 Å². The van der Waals surface area contributed by atoms with Crippen molar-refractivity contribution in [2.45, 2.75) is 25.9 Å². The maximum absolute atomic E-state index is 5.74. The van der Waals surface area contributed by atoms with E-state index < -0.39 is 0 Å². The lowest BCUT2D eigenvalue weighted by Gasteiger charge is -2.23. The molecule has 0 saturated carbocycles. The zero-order valence-electron chi connectivity index (χ0n) is 11.2. The number of hydrogen-bond donors (Lipinski definition) is 1. The highest BCUT2D eigenvalue weighted by atomic mass is 15.1. The van der Waals surface area contributed by atoms with Gasteiger partial charge in [-0.3, -0.25) is 0 Å². The van der Waals surface area contributed by atoms with Crippen LogP contribution < -0.4 is 10.6 Å². The van der Waals surface area contributed by atoms with Crippen molar-refractivity contribution in [3.63, 3.8) is 0 Å². The SMILES string of the molecule is NCc1cccc(N2CCCc3ccccc3C2)c1. The zero-order valence-corrected chi connectivity index (χ0v) is 11.2. The predicted octanol–water partition coefficient (Wildman–Crippen LogP) is 3.10. The van der Waals surface area contributed by atoms with Gasteiger partial charge in [0.25, 0.3) is 0 Å². The highest BCUT2D eigenvalue weighted by molar-refractivity contribution is 5.50. The molecule has 0 spiro atoms. The van der Waals surface area contributed by atoms with E-state index in [1.807, 2.05) is 0 Å². The standard InChI is InChI=1S/C17H20N2/c18-12-14-5-3-9-17(11-14)19-10-4-8-15-6-1-2-7-16(15)13-19/h1-3,5-7,9,11H,4,8,10,12-13,18H2. The van der Waals surface area contributed by atoms with Gasteiger partial charge in [0, 0.05) is 25.3 Å². The van der Waals surface area contributed by atoms with Crippen LogP contribution in [0.4, 0.5) is 5.69 Å². The lowest BCUT2D eigenvalue weighted by atomic mass is 10.0. The second kappa shape index (κ2) is 5.45. The number of aryl methyl sites for hydroxylation is 1. The molecule has 1 aliphatic rings. The molecule has 0 aliphatic carbocycles. The monoisotopic (exact) mass is 252 g/mol. The first-order valence-electron chi connectivity index (χ1n) is 6.97. The third-order valence-electron chi connectivity index (χ3n) is 3.87. The molecule has 2 N–H and O–H groups in total. The Morgan fingerprint density at radius 2 is 1.84 bits per heavy atom. The van der Waals surface area contributed by atoms with Crippen LogP contribution >= 0.6 is 0 Å². The second-order valence-corrected chi connectivity index (χ2v) is 5.17. The molecule has 98 valence electrons. The first-order valence-corrected chi connectivity index (χ1v) is 6.97. The molecule has 0 bridgehead atoms. The number of fused-ring (bicyclic) bond motifs is 1. The molecule has 3 rings (SSSR count). The summed E-state index contributed by atoms with van der Waals surface area (Å²) < 4.78 is 0. The second-order valence-electron chi connectivity index (χ2n) is 5.17. The summed E-state index contributed by atoms with van der Waals surface area (Å²) in [4.78, 5) is 2.46. The summed E-state index contributed by atoms with van der Waals surface area (Å²) in [6.07, 6.45) is 2.40. The van der Waals surface area contributed by atoms with Gasteiger partial charge < -0.3 is 10.6 Å². The van der Waals surface area contributed by atoms with Gasteiger partial charge >= 0.3 is 0 Å². The van der Waals surface area contributed by atoms with E-state index in [4.69, 9.17) is 5.73 Å². The summed E-state index contributed by atoms with van der Waals surface area (Å²) in [6, 6.07) is 17.4. The largest absolute Gasteiger partial charge is 0.367 e. The van der Waals surface area contributed by atoms with Crippen LogP contribution in [-0.4, -0.2) is 6.54 Å². The molecule has 2 aromatic rings. The average Bonchev–Trinajstić information content (AvgIpc) is 2.69. The summed E-state index contributed by atoms with van der Waals surface area (Å²) >= 11 is 0. The van der Waals surface area contributed by atoms with Gasteiger partial charge in [-0.05, 0) is 41.7 Å². The minimum atomic E-state index is 0.609. The third kappa shape index (κ3) is 2.64. The van der Waals surface area contributed by atoms with E-state index in [0.29, 0.717) is 6.54 Å². The van der Waals surface area contributed by atoms with Gasteiger partial charge in [-0.25, -0.2) is 0 Å². The third-order valence-corrected chi connectivity index (χ3v) is 3.87. The van der Waals surface area contributed by atoms with E-state index in [0.717, 1.165) is 13.1 Å². The van der Waals surface area contributed by atoms with Crippen LogP contribution in [0.5, 0.6) is 0 Å². The molecule has 19 heavy (non-hydrogen) atoms. The lowest BCUT2D eigenvalue weighted by molar-refractivity contribution is 0.765. The normalized spacial score (nSPS) is 14.9. The van der Waals surface area contributed by atoms with Crippen LogP contribution in [0.25, 0.3) is 0 Å². The maximum Gasteiger partial charge on any atom is 0.0432 e. The smallest absolute Gasteiger partial charge is 0.0432 e. The maximum atomic E-state index is 5.74. The Bertz CT molecular complexity index is 563. The predicted molar refractivity (Wildman–Crippen MR) is 80.1 cm³/mol. The molecule has 0 radical (unpaired) electrons. The van der Waals surface area contributed by atoms with Crippen LogP contribution in [-0.2, 0) is 19.5 Å². The summed E-state index contributed by atoms with van der Waals surface area (Å²) in [5.74, 6) is 0. The number of rotatable bonds is 2. The number of nitrogens with zero attached hydrogens (tertiary/aromatic N) is 1. The quantitative estimate of drug-likeness (QED) is 0.890. The zero-order chi connectivity index (χ0) is 13.1. The molecule has 0 fully saturated rings. The molecular weight excluding hydrogens is 232 g/mol. The van der Waals surface area contributed by atoms with Crippen molar-refractivity contribution in [2.24, 2.45) is 5.73 Å². The topological polar surface area (TPSA) is 29.3 Å². The molecule has 2 heteroatoms. The van der Waals surface area contributed by atoms with Crippen LogP contribution in [0, 0.1) is 0 Å². The van der Waals surface area contributed by atoms with Gasteiger partial charge in [0.2, 0.25) is 0 Å². The molecule has 0 unspecified atom stereocenters. The Kier molecular flexibility index (Phi) is 3.51. The van der Waals surface area contributed by atoms with Gasteiger partial charge in [-0.1, -0.05) is 36.4 Å². The van der Waals surface area contributed by atoms with E-state index in [1.54, 1.807) is 0 Å². The molecule has 0 amide bonds. The molecule has 1 aliphatic heterocycles. The molecule has 0 aromatic heterocycles. The first kappa shape index (κ1) is 12.2. The van der Waals surface area contributed by atoms with Gasteiger partial charge in [-0.2, -0.15) is 0 Å². The highest BCUT2D eigenvalue weighted by Crippen LogP contribution is 2.24. The van der Waals surface area contributed by atoms with Gasteiger partial charge in [0.05, 0.1) is 0 Å². The summed E-state index contributed by atoms with van der Waals surface area (Å²) in [6.45, 7) is 2.73. The van der Waals surface area contributed by atoms with E-state index >= 15 is 0 Å². The van der Waals surface area contributed by atoms with Crippen molar-refractivity contribution in [2.75, 3.05) is 11.4 Å². The molecule has 0 saturated heterocycles. The van der Waals surface area contributed by atoms with Crippen molar-refractivity contribution in [1.82, 2.24) is 0 Å². The Morgan fingerprint density at radius 1 is 1.00 bits per heavy atom. The van der Waals surface area contributed by atoms with E-state index in [1.165, 1.54) is 35.2 Å². The van der Waals surface area contributed by atoms with Crippen molar-refractivity contribution >= 4 is 5.69 Å². The van der Waals surface area contributed by atoms with Gasteiger partial charge in [-0.15, -0.1) is 0 Å². The minimum Gasteiger partial charge on any atom is -0.367 e. The van der Waals surface area contributed by atoms with Gasteiger partial charge in [0.1, 0.15) is 0 Å². The number of benzene rings is 2. The van der Waals surface area contributed by atoms with E-state index in [9.17, 15) is 0 Å². The minimum absolute atomic E-state index is 0.609. The van der Waals surface area contributed by atoms with Crippen LogP contribution in [0.1, 0.15) is 23.1 Å². The number of nitrogens with two attached hydrogens (primary N) is 1. The molecule has 1 heterocycles. The first-order chi connectivity index (χ1) is 9.36. The van der Waals surface area contributed by atoms with Crippen LogP contribution in [0.3, 0.4) is 0 Å². The van der Waals surface area contributed by atoms with Crippen LogP contribution in [0.2, 0.25) is 0 Å². The average molecular weight is 252 g/mol. The molecule has 0 atom stereocenters. The fraction of sp³-hybridized carbons (Fsp3) is 0.294. The number of anilines is 1. The van der Waals surface area contributed by atoms with Crippen molar-refractivity contribution in [1.29, 1.82) is 0 Å². The molecule has 2 nitrogen and oxygen atoms in total.